The molecule has 3 rings (SSSR count). The number of imide groups is 1. The van der Waals surface area contributed by atoms with Crippen LogP contribution in [0, 0.1) is 5.82 Å². The van der Waals surface area contributed by atoms with Gasteiger partial charge in [0.05, 0.1) is 11.4 Å². The van der Waals surface area contributed by atoms with Gasteiger partial charge in [-0.15, -0.1) is 0 Å². The highest BCUT2D eigenvalue weighted by Gasteiger charge is 2.35. The Balaban J connectivity index is 1.79. The van der Waals surface area contributed by atoms with Gasteiger partial charge < -0.3 is 0 Å². The number of hydrogen-bond donors (Lipinski definition) is 0. The number of rotatable bonds is 4. The summed E-state index contributed by atoms with van der Waals surface area (Å²) in [6.45, 7) is 1.81. The van der Waals surface area contributed by atoms with E-state index in [1.165, 1.54) is 6.07 Å². The highest BCUT2D eigenvalue weighted by molar-refractivity contribution is 8.18. The van der Waals surface area contributed by atoms with Crippen LogP contribution in [0.1, 0.15) is 18.1 Å². The summed E-state index contributed by atoms with van der Waals surface area (Å²) in [7, 11) is 0. The third kappa shape index (κ3) is 4.06. The lowest BCUT2D eigenvalue weighted by Crippen LogP contribution is -2.27. The minimum Gasteiger partial charge on any atom is -0.268 e. The molecular formula is C20H16FNO2S. The monoisotopic (exact) mass is 353 g/mol. The first kappa shape index (κ1) is 17.2. The first-order valence-corrected chi connectivity index (χ1v) is 8.58. The van der Waals surface area contributed by atoms with Crippen molar-refractivity contribution < 1.29 is 14.0 Å². The average Bonchev–Trinajstić information content (AvgIpc) is 2.85. The second-order valence-corrected chi connectivity index (χ2v) is 6.65. The lowest BCUT2D eigenvalue weighted by Gasteiger charge is -2.12. The van der Waals surface area contributed by atoms with Crippen LogP contribution in [-0.4, -0.2) is 16.0 Å². The van der Waals surface area contributed by atoms with Gasteiger partial charge in [-0.25, -0.2) is 4.39 Å². The number of hydrogen-bond acceptors (Lipinski definition) is 3. The molecule has 1 heterocycles. The fourth-order valence-electron chi connectivity index (χ4n) is 2.49. The topological polar surface area (TPSA) is 37.4 Å². The highest BCUT2D eigenvalue weighted by atomic mass is 32.2. The van der Waals surface area contributed by atoms with Crippen LogP contribution in [0.25, 0.3) is 6.08 Å². The lowest BCUT2D eigenvalue weighted by molar-refractivity contribution is -0.123. The summed E-state index contributed by atoms with van der Waals surface area (Å²) >= 11 is 0.881. The van der Waals surface area contributed by atoms with Gasteiger partial charge >= 0.3 is 0 Å². The van der Waals surface area contributed by atoms with Gasteiger partial charge in [-0.05, 0) is 42.0 Å². The Morgan fingerprint density at radius 1 is 1.08 bits per heavy atom. The van der Waals surface area contributed by atoms with Crippen LogP contribution >= 0.6 is 11.8 Å². The van der Waals surface area contributed by atoms with Gasteiger partial charge in [0.1, 0.15) is 5.82 Å². The van der Waals surface area contributed by atoms with E-state index in [9.17, 15) is 14.0 Å². The molecule has 5 heteroatoms. The summed E-state index contributed by atoms with van der Waals surface area (Å²) in [5.74, 6) is -0.815. The Morgan fingerprint density at radius 3 is 2.48 bits per heavy atom. The third-order valence-electron chi connectivity index (χ3n) is 3.71. The van der Waals surface area contributed by atoms with E-state index in [2.05, 4.69) is 0 Å². The van der Waals surface area contributed by atoms with Crippen molar-refractivity contribution >= 4 is 29.0 Å². The van der Waals surface area contributed by atoms with E-state index in [1.54, 1.807) is 24.3 Å². The van der Waals surface area contributed by atoms with Gasteiger partial charge in [0.2, 0.25) is 0 Å². The smallest absolute Gasteiger partial charge is 0.268 e. The molecule has 0 atom stereocenters. The van der Waals surface area contributed by atoms with Crippen LogP contribution in [-0.2, 0) is 11.3 Å². The van der Waals surface area contributed by atoms with Crippen LogP contribution in [0.5, 0.6) is 0 Å². The van der Waals surface area contributed by atoms with Gasteiger partial charge in [-0.1, -0.05) is 54.6 Å². The van der Waals surface area contributed by atoms with E-state index < -0.39 is 5.82 Å². The molecule has 1 saturated heterocycles. The van der Waals surface area contributed by atoms with Crippen molar-refractivity contribution in [2.75, 3.05) is 0 Å². The Bertz CT molecular complexity index is 874. The van der Waals surface area contributed by atoms with Crippen LogP contribution in [0.15, 0.2) is 71.2 Å². The number of halogens is 1. The molecule has 3 nitrogen and oxygen atoms in total. The minimum absolute atomic E-state index is 0.0594. The number of amides is 2. The molecule has 1 aliphatic rings. The van der Waals surface area contributed by atoms with Crippen molar-refractivity contribution in [2.45, 2.75) is 13.5 Å². The maximum absolute atomic E-state index is 13.8. The zero-order valence-electron chi connectivity index (χ0n) is 13.6. The second-order valence-electron chi connectivity index (χ2n) is 5.66. The first-order valence-electron chi connectivity index (χ1n) is 7.77. The van der Waals surface area contributed by atoms with Gasteiger partial charge in [0.25, 0.3) is 11.1 Å². The molecule has 0 aliphatic carbocycles. The summed E-state index contributed by atoms with van der Waals surface area (Å²) in [6.07, 6.45) is 3.63. The Labute approximate surface area is 149 Å². The standard InChI is InChI=1S/C20H16FNO2S/c1-14(11-15-7-3-2-4-8-15)12-18-19(23)22(20(24)25-18)13-16-9-5-6-10-17(16)21/h2-12H,13H2,1H3/b14-11+,18-12+. The third-order valence-corrected chi connectivity index (χ3v) is 4.62. The van der Waals surface area contributed by atoms with Crippen LogP contribution < -0.4 is 0 Å². The number of allylic oxidation sites excluding steroid dienone is 2. The maximum Gasteiger partial charge on any atom is 0.293 e. The molecule has 2 aromatic rings. The summed E-state index contributed by atoms with van der Waals surface area (Å²) in [6, 6.07) is 15.9. The van der Waals surface area contributed by atoms with E-state index in [1.807, 2.05) is 43.3 Å². The zero-order valence-corrected chi connectivity index (χ0v) is 14.4. The van der Waals surface area contributed by atoms with Crippen molar-refractivity contribution in [3.8, 4) is 0 Å². The van der Waals surface area contributed by atoms with E-state index in [0.29, 0.717) is 10.5 Å². The maximum atomic E-state index is 13.8. The molecule has 126 valence electrons. The summed E-state index contributed by atoms with van der Waals surface area (Å²) < 4.78 is 13.8. The second kappa shape index (κ2) is 7.49. The summed E-state index contributed by atoms with van der Waals surface area (Å²) in [4.78, 5) is 26.0. The number of thioether (sulfide) groups is 1. The van der Waals surface area contributed by atoms with Crippen molar-refractivity contribution in [3.63, 3.8) is 0 Å². The molecule has 0 unspecified atom stereocenters. The van der Waals surface area contributed by atoms with Gasteiger partial charge in [-0.3, -0.25) is 14.5 Å². The normalized spacial score (nSPS) is 16.8. The molecule has 0 N–H and O–H groups in total. The minimum atomic E-state index is -0.425. The Hall–Kier alpha value is -2.66. The largest absolute Gasteiger partial charge is 0.293 e. The molecule has 1 fully saturated rings. The summed E-state index contributed by atoms with van der Waals surface area (Å²) in [5.41, 5.74) is 2.20. The van der Waals surface area contributed by atoms with Crippen molar-refractivity contribution in [2.24, 2.45) is 0 Å². The fourth-order valence-corrected chi connectivity index (χ4v) is 3.38. The predicted octanol–water partition coefficient (Wildman–Crippen LogP) is 5.01. The van der Waals surface area contributed by atoms with Gasteiger partial charge in [0, 0.05) is 5.56 Å². The predicted molar refractivity (Wildman–Crippen MR) is 98.1 cm³/mol. The van der Waals surface area contributed by atoms with Gasteiger partial charge in [0.15, 0.2) is 0 Å². The first-order chi connectivity index (χ1) is 12.0. The number of nitrogens with zero attached hydrogens (tertiary/aromatic N) is 1. The van der Waals surface area contributed by atoms with Crippen LogP contribution in [0.3, 0.4) is 0 Å². The average molecular weight is 353 g/mol. The number of carbonyl (C=O) groups excluding carboxylic acids is 2. The van der Waals surface area contributed by atoms with Crippen molar-refractivity contribution in [3.05, 3.63) is 88.1 Å². The zero-order chi connectivity index (χ0) is 17.8. The SMILES string of the molecule is CC(=C\c1ccccc1)/C=C1/SC(=O)N(Cc2ccccc2F)C1=O. The number of benzene rings is 2. The lowest BCUT2D eigenvalue weighted by atomic mass is 10.1. The van der Waals surface area contributed by atoms with Gasteiger partial charge in [-0.2, -0.15) is 0 Å². The molecule has 2 amide bonds. The molecule has 1 aliphatic heterocycles. The van der Waals surface area contributed by atoms with Crippen LogP contribution in [0.4, 0.5) is 9.18 Å². The Kier molecular flexibility index (Phi) is 5.14. The van der Waals surface area contributed by atoms with E-state index in [0.717, 1.165) is 27.8 Å². The highest BCUT2D eigenvalue weighted by Crippen LogP contribution is 2.33. The van der Waals surface area contributed by atoms with Crippen molar-refractivity contribution in [1.29, 1.82) is 0 Å². The molecule has 0 radical (unpaired) electrons. The van der Waals surface area contributed by atoms with Crippen LogP contribution in [0.2, 0.25) is 0 Å². The molecule has 0 spiro atoms. The molecular weight excluding hydrogens is 337 g/mol. The molecule has 0 aromatic heterocycles. The molecule has 25 heavy (non-hydrogen) atoms. The summed E-state index contributed by atoms with van der Waals surface area (Å²) in [5, 5.41) is -0.382. The fraction of sp³-hybridized carbons (Fsp3) is 0.100. The molecule has 2 aromatic carbocycles. The van der Waals surface area contributed by atoms with E-state index >= 15 is 0 Å². The Morgan fingerprint density at radius 2 is 1.76 bits per heavy atom. The van der Waals surface area contributed by atoms with E-state index in [-0.39, 0.29) is 17.7 Å². The molecule has 0 bridgehead atoms. The van der Waals surface area contributed by atoms with E-state index in [4.69, 9.17) is 0 Å². The molecule has 0 saturated carbocycles. The number of carbonyl (C=O) groups is 2. The quantitative estimate of drug-likeness (QED) is 0.725. The van der Waals surface area contributed by atoms with Crippen molar-refractivity contribution in [1.82, 2.24) is 4.90 Å².